The van der Waals surface area contributed by atoms with E-state index < -0.39 is 0 Å². The number of hydrogen-bond donors (Lipinski definition) is 2. The van der Waals surface area contributed by atoms with Gasteiger partial charge >= 0.3 is 0 Å². The number of pyridine rings is 1. The monoisotopic (exact) mass is 282 g/mol. The summed E-state index contributed by atoms with van der Waals surface area (Å²) in [5.74, 6) is 0.323. The van der Waals surface area contributed by atoms with Crippen LogP contribution in [0.15, 0.2) is 18.5 Å². The van der Waals surface area contributed by atoms with Gasteiger partial charge in [0.25, 0.3) is 5.91 Å². The third-order valence-electron chi connectivity index (χ3n) is 4.52. The summed E-state index contributed by atoms with van der Waals surface area (Å²) in [5, 5.41) is 19.1. The summed E-state index contributed by atoms with van der Waals surface area (Å²) in [6.45, 7) is 1.13. The number of halogens is 1. The molecule has 2 N–H and O–H groups in total. The number of carbonyl (C=O) groups is 1. The zero-order valence-corrected chi connectivity index (χ0v) is 11.0. The molecule has 2 heterocycles. The lowest BCUT2D eigenvalue weighted by molar-refractivity contribution is 0.0637. The molecule has 5 nitrogen and oxygen atoms in total. The van der Waals surface area contributed by atoms with Crippen molar-refractivity contribution in [1.82, 2.24) is 9.88 Å². The highest BCUT2D eigenvalue weighted by Crippen LogP contribution is 2.62. The minimum absolute atomic E-state index is 0.0143. The molecule has 1 saturated carbocycles. The average Bonchev–Trinajstić information content (AvgIpc) is 2.80. The number of nitrogens with zero attached hydrogens (tertiary/aromatic N) is 2. The Balaban J connectivity index is 1.70. The van der Waals surface area contributed by atoms with Crippen LogP contribution in [0.1, 0.15) is 10.4 Å². The average molecular weight is 283 g/mol. The summed E-state index contributed by atoms with van der Waals surface area (Å²) >= 11 is 5.82. The van der Waals surface area contributed by atoms with Crippen LogP contribution in [0, 0.1) is 17.3 Å². The molecule has 0 aromatic carbocycles. The van der Waals surface area contributed by atoms with Gasteiger partial charge in [0.2, 0.25) is 0 Å². The molecule has 102 valence electrons. The first-order valence-corrected chi connectivity index (χ1v) is 6.61. The largest absolute Gasteiger partial charge is 0.396 e. The van der Waals surface area contributed by atoms with E-state index in [1.54, 1.807) is 11.0 Å². The Morgan fingerprint density at radius 3 is 2.53 bits per heavy atom. The van der Waals surface area contributed by atoms with Crippen molar-refractivity contribution in [2.75, 3.05) is 26.3 Å². The van der Waals surface area contributed by atoms with Gasteiger partial charge in [-0.15, -0.1) is 0 Å². The number of aromatic nitrogens is 1. The zero-order chi connectivity index (χ0) is 13.6. The Kier molecular flexibility index (Phi) is 3.00. The van der Waals surface area contributed by atoms with Crippen molar-refractivity contribution in [2.45, 2.75) is 0 Å². The molecule has 6 heteroatoms. The molecule has 0 bridgehead atoms. The van der Waals surface area contributed by atoms with Crippen molar-refractivity contribution in [3.8, 4) is 0 Å². The number of aliphatic hydroxyl groups excluding tert-OH is 2. The molecule has 2 aliphatic rings. The minimum atomic E-state index is -0.372. The van der Waals surface area contributed by atoms with Crippen LogP contribution in [-0.4, -0.2) is 52.3 Å². The van der Waals surface area contributed by atoms with E-state index in [9.17, 15) is 15.0 Å². The van der Waals surface area contributed by atoms with Crippen molar-refractivity contribution in [3.05, 3.63) is 29.0 Å². The van der Waals surface area contributed by atoms with Gasteiger partial charge in [-0.1, -0.05) is 11.6 Å². The van der Waals surface area contributed by atoms with E-state index in [1.807, 2.05) is 0 Å². The minimum Gasteiger partial charge on any atom is -0.396 e. The van der Waals surface area contributed by atoms with Crippen molar-refractivity contribution < 1.29 is 15.0 Å². The molecule has 1 saturated heterocycles. The van der Waals surface area contributed by atoms with Gasteiger partial charge in [0, 0.05) is 30.9 Å². The summed E-state index contributed by atoms with van der Waals surface area (Å²) in [6.07, 6.45) is 2.99. The normalized spacial score (nSPS) is 27.2. The maximum atomic E-state index is 12.3. The quantitative estimate of drug-likeness (QED) is 0.842. The number of aliphatic hydroxyl groups is 2. The van der Waals surface area contributed by atoms with Crippen LogP contribution in [0.3, 0.4) is 0 Å². The van der Waals surface area contributed by atoms with Gasteiger partial charge in [-0.05, 0) is 17.9 Å². The predicted molar refractivity (Wildman–Crippen MR) is 68.7 cm³/mol. The molecule has 0 radical (unpaired) electrons. The molecule has 3 rings (SSSR count). The number of rotatable bonds is 3. The van der Waals surface area contributed by atoms with Crippen LogP contribution in [0.5, 0.6) is 0 Å². The molecule has 2 atom stereocenters. The van der Waals surface area contributed by atoms with Gasteiger partial charge in [-0.25, -0.2) is 0 Å². The Hall–Kier alpha value is -1.17. The number of hydrogen-bond acceptors (Lipinski definition) is 4. The number of fused-ring (bicyclic) bond motifs is 1. The second kappa shape index (κ2) is 4.44. The fourth-order valence-electron chi connectivity index (χ4n) is 3.23. The van der Waals surface area contributed by atoms with Crippen LogP contribution in [0.4, 0.5) is 0 Å². The first-order valence-electron chi connectivity index (χ1n) is 6.24. The second-order valence-corrected chi connectivity index (χ2v) is 5.80. The summed E-state index contributed by atoms with van der Waals surface area (Å²) in [4.78, 5) is 17.9. The highest BCUT2D eigenvalue weighted by atomic mass is 35.5. The molecular weight excluding hydrogens is 268 g/mol. The third kappa shape index (κ3) is 1.84. The SMILES string of the molecule is O=C(c1cncc(Cl)c1)N1CC2C(C1)C2(CO)CO. The number of amides is 1. The lowest BCUT2D eigenvalue weighted by atomic mass is 10.0. The van der Waals surface area contributed by atoms with Gasteiger partial charge in [0.05, 0.1) is 23.8 Å². The summed E-state index contributed by atoms with van der Waals surface area (Å²) in [5.41, 5.74) is 0.107. The molecule has 19 heavy (non-hydrogen) atoms. The second-order valence-electron chi connectivity index (χ2n) is 5.36. The highest BCUT2D eigenvalue weighted by Gasteiger charge is 2.68. The Labute approximate surface area is 115 Å². The van der Waals surface area contributed by atoms with Crippen LogP contribution >= 0.6 is 11.6 Å². The molecule has 2 fully saturated rings. The lowest BCUT2D eigenvalue weighted by Crippen LogP contribution is -2.36. The molecule has 2 unspecified atom stereocenters. The molecule has 0 spiro atoms. The summed E-state index contributed by atoms with van der Waals surface area (Å²) < 4.78 is 0. The number of piperidine rings is 1. The van der Waals surface area contributed by atoms with E-state index in [-0.39, 0.29) is 36.4 Å². The van der Waals surface area contributed by atoms with E-state index in [0.717, 1.165) is 0 Å². The smallest absolute Gasteiger partial charge is 0.255 e. The molecule has 1 aliphatic carbocycles. The molecule has 1 aliphatic heterocycles. The van der Waals surface area contributed by atoms with Crippen molar-refractivity contribution in [1.29, 1.82) is 0 Å². The molecule has 1 amide bonds. The van der Waals surface area contributed by atoms with E-state index >= 15 is 0 Å². The summed E-state index contributed by atoms with van der Waals surface area (Å²) in [7, 11) is 0. The molecule has 1 aromatic heterocycles. The van der Waals surface area contributed by atoms with Crippen LogP contribution < -0.4 is 0 Å². The maximum absolute atomic E-state index is 12.3. The van der Waals surface area contributed by atoms with Gasteiger partial charge < -0.3 is 15.1 Å². The predicted octanol–water partition coefficient (Wildman–Crippen LogP) is 0.408. The first kappa shape index (κ1) is 12.8. The Morgan fingerprint density at radius 1 is 1.37 bits per heavy atom. The van der Waals surface area contributed by atoms with Crippen LogP contribution in [0.25, 0.3) is 0 Å². The fraction of sp³-hybridized carbons (Fsp3) is 0.538. The van der Waals surface area contributed by atoms with Crippen LogP contribution in [0.2, 0.25) is 5.02 Å². The van der Waals surface area contributed by atoms with Gasteiger partial charge in [-0.2, -0.15) is 0 Å². The number of likely N-dealkylation sites (tertiary alicyclic amines) is 1. The maximum Gasteiger partial charge on any atom is 0.255 e. The van der Waals surface area contributed by atoms with Gasteiger partial charge in [0.15, 0.2) is 0 Å². The lowest BCUT2D eigenvalue weighted by Gasteiger charge is -2.24. The standard InChI is InChI=1S/C13H15ClN2O3/c14-9-1-8(2-15-3-9)12(19)16-4-10-11(5-16)13(10,6-17)7-18/h1-3,10-11,17-18H,4-7H2. The van der Waals surface area contributed by atoms with E-state index in [0.29, 0.717) is 23.7 Å². The van der Waals surface area contributed by atoms with Gasteiger partial charge in [-0.3, -0.25) is 9.78 Å². The van der Waals surface area contributed by atoms with E-state index in [1.165, 1.54) is 12.4 Å². The van der Waals surface area contributed by atoms with Crippen molar-refractivity contribution >= 4 is 17.5 Å². The van der Waals surface area contributed by atoms with Crippen molar-refractivity contribution in [3.63, 3.8) is 0 Å². The van der Waals surface area contributed by atoms with Gasteiger partial charge in [0.1, 0.15) is 0 Å². The van der Waals surface area contributed by atoms with E-state index in [4.69, 9.17) is 11.6 Å². The number of carbonyl (C=O) groups excluding carboxylic acids is 1. The highest BCUT2D eigenvalue weighted by molar-refractivity contribution is 6.30. The van der Waals surface area contributed by atoms with Crippen LogP contribution in [-0.2, 0) is 0 Å². The Morgan fingerprint density at radius 2 is 2.00 bits per heavy atom. The van der Waals surface area contributed by atoms with E-state index in [2.05, 4.69) is 4.98 Å². The van der Waals surface area contributed by atoms with Crippen molar-refractivity contribution in [2.24, 2.45) is 17.3 Å². The third-order valence-corrected chi connectivity index (χ3v) is 4.72. The fourth-order valence-corrected chi connectivity index (χ4v) is 3.41. The molecule has 1 aromatic rings. The zero-order valence-electron chi connectivity index (χ0n) is 10.3. The topological polar surface area (TPSA) is 73.7 Å². The Bertz CT molecular complexity index is 504. The molecular formula is C13H15ClN2O3. The summed E-state index contributed by atoms with van der Waals surface area (Å²) in [6, 6.07) is 1.60. The first-order chi connectivity index (χ1) is 9.12.